The second-order valence-corrected chi connectivity index (χ2v) is 7.82. The highest BCUT2D eigenvalue weighted by Gasteiger charge is 2.40. The van der Waals surface area contributed by atoms with Gasteiger partial charge in [-0.1, -0.05) is 6.07 Å². The molecule has 7 heteroatoms. The van der Waals surface area contributed by atoms with Gasteiger partial charge in [-0.25, -0.2) is 12.8 Å². The summed E-state index contributed by atoms with van der Waals surface area (Å²) < 4.78 is 46.0. The van der Waals surface area contributed by atoms with Gasteiger partial charge in [0.15, 0.2) is 0 Å². The van der Waals surface area contributed by atoms with Crippen LogP contribution < -0.4 is 0 Å². The van der Waals surface area contributed by atoms with E-state index < -0.39 is 27.5 Å². The molecule has 0 aliphatic carbocycles. The Hall–Kier alpha value is -1.02. The van der Waals surface area contributed by atoms with Gasteiger partial charge in [0.2, 0.25) is 10.0 Å². The number of halogens is 1. The Balaban J connectivity index is 2.41. The first-order chi connectivity index (χ1) is 9.65. The molecule has 0 saturated carbocycles. The van der Waals surface area contributed by atoms with Gasteiger partial charge in [-0.05, 0) is 38.5 Å². The van der Waals surface area contributed by atoms with Crippen molar-refractivity contribution in [3.05, 3.63) is 29.6 Å². The van der Waals surface area contributed by atoms with Crippen LogP contribution in [0.25, 0.3) is 0 Å². The molecule has 2 rings (SSSR count). The van der Waals surface area contributed by atoms with E-state index in [1.54, 1.807) is 20.8 Å². The van der Waals surface area contributed by atoms with Gasteiger partial charge in [0, 0.05) is 13.1 Å². The molecule has 1 fully saturated rings. The smallest absolute Gasteiger partial charge is 0.246 e. The number of rotatable bonds is 3. The second kappa shape index (κ2) is 5.64. The fourth-order valence-corrected chi connectivity index (χ4v) is 4.24. The summed E-state index contributed by atoms with van der Waals surface area (Å²) in [5.74, 6) is -0.773. The first-order valence-electron chi connectivity index (χ1n) is 6.71. The van der Waals surface area contributed by atoms with Crippen LogP contribution in [0.1, 0.15) is 19.4 Å². The number of aliphatic hydroxyl groups excluding tert-OH is 1. The lowest BCUT2D eigenvalue weighted by atomic mass is 10.1. The highest BCUT2D eigenvalue weighted by molar-refractivity contribution is 7.89. The van der Waals surface area contributed by atoms with Gasteiger partial charge in [0.25, 0.3) is 0 Å². The zero-order valence-corrected chi connectivity index (χ0v) is 13.2. The maximum Gasteiger partial charge on any atom is 0.246 e. The van der Waals surface area contributed by atoms with Crippen molar-refractivity contribution in [1.82, 2.24) is 4.31 Å². The summed E-state index contributed by atoms with van der Waals surface area (Å²) in [5, 5.41) is 9.26. The van der Waals surface area contributed by atoms with E-state index in [2.05, 4.69) is 0 Å². The van der Waals surface area contributed by atoms with Crippen LogP contribution in [0, 0.1) is 12.7 Å². The molecule has 0 spiro atoms. The van der Waals surface area contributed by atoms with Gasteiger partial charge >= 0.3 is 0 Å². The Kier molecular flexibility index (Phi) is 4.39. The third kappa shape index (κ3) is 3.42. The van der Waals surface area contributed by atoms with Crippen LogP contribution in [-0.4, -0.2) is 49.2 Å². The third-order valence-corrected chi connectivity index (χ3v) is 5.18. The molecular formula is C14H20FNO4S. The molecule has 0 amide bonds. The molecule has 1 saturated heterocycles. The first-order valence-corrected chi connectivity index (χ1v) is 8.15. The Morgan fingerprint density at radius 1 is 1.48 bits per heavy atom. The van der Waals surface area contributed by atoms with Crippen molar-refractivity contribution in [3.8, 4) is 0 Å². The van der Waals surface area contributed by atoms with Crippen LogP contribution in [0.3, 0.4) is 0 Å². The molecule has 0 aromatic heterocycles. The second-order valence-electron chi connectivity index (χ2n) is 5.91. The van der Waals surface area contributed by atoms with E-state index >= 15 is 0 Å². The van der Waals surface area contributed by atoms with Gasteiger partial charge in [-0.3, -0.25) is 0 Å². The van der Waals surface area contributed by atoms with Crippen molar-refractivity contribution in [3.63, 3.8) is 0 Å². The zero-order chi connectivity index (χ0) is 15.8. The lowest BCUT2D eigenvalue weighted by Crippen LogP contribution is -2.55. The quantitative estimate of drug-likeness (QED) is 0.912. The predicted octanol–water partition coefficient (Wildman–Crippen LogP) is 1.29. The van der Waals surface area contributed by atoms with Crippen LogP contribution in [0.4, 0.5) is 4.39 Å². The zero-order valence-electron chi connectivity index (χ0n) is 12.3. The molecule has 1 aliphatic heterocycles. The van der Waals surface area contributed by atoms with Crippen LogP contribution in [0.5, 0.6) is 0 Å². The van der Waals surface area contributed by atoms with E-state index in [1.807, 2.05) is 0 Å². The van der Waals surface area contributed by atoms with E-state index in [0.717, 1.165) is 6.07 Å². The third-order valence-electron chi connectivity index (χ3n) is 3.36. The molecule has 5 nitrogen and oxygen atoms in total. The van der Waals surface area contributed by atoms with Crippen molar-refractivity contribution in [1.29, 1.82) is 0 Å². The van der Waals surface area contributed by atoms with E-state index in [9.17, 15) is 17.9 Å². The van der Waals surface area contributed by atoms with Crippen LogP contribution in [-0.2, 0) is 14.8 Å². The normalized spacial score (nSPS) is 23.2. The molecule has 0 bridgehead atoms. The minimum atomic E-state index is -3.96. The Bertz CT molecular complexity index is 630. The maximum atomic E-state index is 13.9. The SMILES string of the molecule is Cc1ccc(F)c(S(=O)(=O)N2CC(CO)OC(C)(C)C2)c1. The number of hydrogen-bond acceptors (Lipinski definition) is 4. The fraction of sp³-hybridized carbons (Fsp3) is 0.571. The van der Waals surface area contributed by atoms with E-state index in [0.29, 0.717) is 5.56 Å². The van der Waals surface area contributed by atoms with E-state index in [4.69, 9.17) is 4.74 Å². The topological polar surface area (TPSA) is 66.8 Å². The molecule has 1 aromatic rings. The molecule has 1 aromatic carbocycles. The summed E-state index contributed by atoms with van der Waals surface area (Å²) in [6.45, 7) is 5.02. The van der Waals surface area contributed by atoms with Gasteiger partial charge in [-0.2, -0.15) is 4.31 Å². The first kappa shape index (κ1) is 16.4. The number of benzene rings is 1. The van der Waals surface area contributed by atoms with Crippen molar-refractivity contribution < 1.29 is 22.7 Å². The number of ether oxygens (including phenoxy) is 1. The standard InChI is InChI=1S/C14H20FNO4S/c1-10-4-5-12(15)13(6-10)21(18,19)16-7-11(8-17)20-14(2,3)9-16/h4-6,11,17H,7-9H2,1-3H3. The van der Waals surface area contributed by atoms with Crippen molar-refractivity contribution in [2.75, 3.05) is 19.7 Å². The highest BCUT2D eigenvalue weighted by atomic mass is 32.2. The van der Waals surface area contributed by atoms with Gasteiger partial charge in [-0.15, -0.1) is 0 Å². The monoisotopic (exact) mass is 317 g/mol. The van der Waals surface area contributed by atoms with E-state index in [1.165, 1.54) is 16.4 Å². The fourth-order valence-electron chi connectivity index (χ4n) is 2.47. The summed E-state index contributed by atoms with van der Waals surface area (Å²) in [5.41, 5.74) is -0.0693. The van der Waals surface area contributed by atoms with Crippen LogP contribution >= 0.6 is 0 Å². The summed E-state index contributed by atoms with van der Waals surface area (Å²) in [6.07, 6.45) is -0.614. The summed E-state index contributed by atoms with van der Waals surface area (Å²) >= 11 is 0. The van der Waals surface area contributed by atoms with Gasteiger partial charge in [0.1, 0.15) is 10.7 Å². The molecule has 21 heavy (non-hydrogen) atoms. The molecule has 118 valence electrons. The number of hydrogen-bond donors (Lipinski definition) is 1. The Labute approximate surface area is 124 Å². The lowest BCUT2D eigenvalue weighted by molar-refractivity contribution is -0.131. The highest BCUT2D eigenvalue weighted by Crippen LogP contribution is 2.28. The minimum absolute atomic E-state index is 0.00957. The van der Waals surface area contributed by atoms with Crippen LogP contribution in [0.2, 0.25) is 0 Å². The largest absolute Gasteiger partial charge is 0.394 e. The number of aryl methyl sites for hydroxylation is 1. The number of morpholine rings is 1. The molecule has 1 atom stereocenters. The summed E-state index contributed by atoms with van der Waals surface area (Å²) in [7, 11) is -3.96. The van der Waals surface area contributed by atoms with Crippen molar-refractivity contribution >= 4 is 10.0 Å². The summed E-state index contributed by atoms with van der Waals surface area (Å²) in [4.78, 5) is -0.336. The number of nitrogens with zero attached hydrogens (tertiary/aromatic N) is 1. The Morgan fingerprint density at radius 3 is 2.76 bits per heavy atom. The van der Waals surface area contributed by atoms with Crippen molar-refractivity contribution in [2.45, 2.75) is 37.4 Å². The number of aliphatic hydroxyl groups is 1. The summed E-state index contributed by atoms with van der Waals surface area (Å²) in [6, 6.07) is 3.99. The van der Waals surface area contributed by atoms with Crippen LogP contribution in [0.15, 0.2) is 23.1 Å². The molecule has 0 radical (unpaired) electrons. The van der Waals surface area contributed by atoms with E-state index in [-0.39, 0.29) is 24.6 Å². The number of sulfonamides is 1. The molecule has 1 N–H and O–H groups in total. The van der Waals surface area contributed by atoms with Gasteiger partial charge in [0.05, 0.1) is 18.3 Å². The Morgan fingerprint density at radius 2 is 2.14 bits per heavy atom. The molecule has 1 heterocycles. The minimum Gasteiger partial charge on any atom is -0.394 e. The lowest BCUT2D eigenvalue weighted by Gasteiger charge is -2.41. The van der Waals surface area contributed by atoms with Gasteiger partial charge < -0.3 is 9.84 Å². The molecule has 1 unspecified atom stereocenters. The average molecular weight is 317 g/mol. The maximum absolute atomic E-state index is 13.9. The average Bonchev–Trinajstić information content (AvgIpc) is 2.39. The molecular weight excluding hydrogens is 297 g/mol. The predicted molar refractivity (Wildman–Crippen MR) is 75.9 cm³/mol. The molecule has 1 aliphatic rings. The van der Waals surface area contributed by atoms with Crippen molar-refractivity contribution in [2.24, 2.45) is 0 Å².